The van der Waals surface area contributed by atoms with Gasteiger partial charge < -0.3 is 9.64 Å². The summed E-state index contributed by atoms with van der Waals surface area (Å²) in [5, 5.41) is 0. The van der Waals surface area contributed by atoms with E-state index in [0.29, 0.717) is 4.88 Å². The molecule has 0 radical (unpaired) electrons. The van der Waals surface area contributed by atoms with E-state index in [1.165, 1.54) is 11.3 Å². The first kappa shape index (κ1) is 16.7. The van der Waals surface area contributed by atoms with Gasteiger partial charge in [-0.15, -0.1) is 11.3 Å². The SMILES string of the molecule is CCc1cc(C(=O)OCC(=O)N2c3ccccc3CC2C)sc1C. The summed E-state index contributed by atoms with van der Waals surface area (Å²) < 4.78 is 5.26. The fraction of sp³-hybridized carbons (Fsp3) is 0.368. The molecule has 0 fully saturated rings. The second kappa shape index (κ2) is 6.77. The summed E-state index contributed by atoms with van der Waals surface area (Å²) in [6, 6.07) is 9.82. The van der Waals surface area contributed by atoms with E-state index in [1.807, 2.05) is 44.2 Å². The fourth-order valence-electron chi connectivity index (χ4n) is 3.18. The maximum absolute atomic E-state index is 12.5. The van der Waals surface area contributed by atoms with E-state index >= 15 is 0 Å². The van der Waals surface area contributed by atoms with Crippen LogP contribution in [0.2, 0.25) is 0 Å². The molecule has 0 N–H and O–H groups in total. The predicted molar refractivity (Wildman–Crippen MR) is 95.8 cm³/mol. The van der Waals surface area contributed by atoms with E-state index < -0.39 is 5.97 Å². The number of anilines is 1. The number of amides is 1. The average molecular weight is 343 g/mol. The van der Waals surface area contributed by atoms with E-state index in [0.717, 1.165) is 34.5 Å². The molecular weight excluding hydrogens is 322 g/mol. The quantitative estimate of drug-likeness (QED) is 0.794. The molecule has 1 aromatic heterocycles. The molecule has 2 heterocycles. The number of ether oxygens (including phenoxy) is 1. The Kier molecular flexibility index (Phi) is 4.71. The maximum Gasteiger partial charge on any atom is 0.348 e. The van der Waals surface area contributed by atoms with Gasteiger partial charge in [-0.05, 0) is 49.9 Å². The average Bonchev–Trinajstić information content (AvgIpc) is 3.11. The highest BCUT2D eigenvalue weighted by Crippen LogP contribution is 2.31. The van der Waals surface area contributed by atoms with Crippen molar-refractivity contribution in [3.05, 3.63) is 51.2 Å². The van der Waals surface area contributed by atoms with Gasteiger partial charge in [-0.1, -0.05) is 25.1 Å². The van der Waals surface area contributed by atoms with Crippen molar-refractivity contribution >= 4 is 28.9 Å². The third-order valence-electron chi connectivity index (χ3n) is 4.41. The summed E-state index contributed by atoms with van der Waals surface area (Å²) in [6.45, 7) is 5.83. The number of thiophene rings is 1. The van der Waals surface area contributed by atoms with Crippen LogP contribution in [-0.2, 0) is 22.4 Å². The molecule has 1 aromatic carbocycles. The van der Waals surface area contributed by atoms with E-state index in [4.69, 9.17) is 4.74 Å². The van der Waals surface area contributed by atoms with Crippen LogP contribution < -0.4 is 4.90 Å². The topological polar surface area (TPSA) is 46.6 Å². The van der Waals surface area contributed by atoms with Crippen LogP contribution in [0.3, 0.4) is 0 Å². The van der Waals surface area contributed by atoms with E-state index in [-0.39, 0.29) is 18.6 Å². The molecule has 1 amide bonds. The molecule has 126 valence electrons. The van der Waals surface area contributed by atoms with Crippen LogP contribution in [0.5, 0.6) is 0 Å². The number of para-hydroxylation sites is 1. The van der Waals surface area contributed by atoms with Gasteiger partial charge in [0, 0.05) is 16.6 Å². The Morgan fingerprint density at radius 3 is 2.79 bits per heavy atom. The van der Waals surface area contributed by atoms with Crippen LogP contribution in [-0.4, -0.2) is 24.5 Å². The normalized spacial score (nSPS) is 16.1. The van der Waals surface area contributed by atoms with E-state index in [1.54, 1.807) is 4.90 Å². The van der Waals surface area contributed by atoms with Crippen LogP contribution in [0.4, 0.5) is 5.69 Å². The van der Waals surface area contributed by atoms with Crippen LogP contribution in [0.15, 0.2) is 30.3 Å². The molecule has 1 aliphatic rings. The second-order valence-corrected chi connectivity index (χ2v) is 7.32. The molecule has 2 aromatic rings. The van der Waals surface area contributed by atoms with Crippen molar-refractivity contribution in [2.75, 3.05) is 11.5 Å². The Labute approximate surface area is 146 Å². The molecule has 1 aliphatic heterocycles. The van der Waals surface area contributed by atoms with Gasteiger partial charge in [0.15, 0.2) is 6.61 Å². The minimum absolute atomic E-state index is 0.0873. The van der Waals surface area contributed by atoms with Crippen molar-refractivity contribution in [1.29, 1.82) is 0 Å². The number of carbonyl (C=O) groups excluding carboxylic acids is 2. The van der Waals surface area contributed by atoms with Crippen molar-refractivity contribution < 1.29 is 14.3 Å². The van der Waals surface area contributed by atoms with Crippen molar-refractivity contribution in [1.82, 2.24) is 0 Å². The molecule has 5 heteroatoms. The Morgan fingerprint density at radius 1 is 1.33 bits per heavy atom. The lowest BCUT2D eigenvalue weighted by Gasteiger charge is -2.22. The number of hydrogen-bond donors (Lipinski definition) is 0. The molecule has 0 saturated heterocycles. The van der Waals surface area contributed by atoms with Crippen molar-refractivity contribution in [2.45, 2.75) is 39.7 Å². The van der Waals surface area contributed by atoms with E-state index in [9.17, 15) is 9.59 Å². The summed E-state index contributed by atoms with van der Waals surface area (Å²) in [5.41, 5.74) is 3.23. The summed E-state index contributed by atoms with van der Waals surface area (Å²) in [5.74, 6) is -0.596. The number of carbonyl (C=O) groups is 2. The third-order valence-corrected chi connectivity index (χ3v) is 5.48. The van der Waals surface area contributed by atoms with Gasteiger partial charge in [-0.25, -0.2) is 4.79 Å². The Hall–Kier alpha value is -2.14. The lowest BCUT2D eigenvalue weighted by Crippen LogP contribution is -2.38. The van der Waals surface area contributed by atoms with Crippen LogP contribution in [0, 0.1) is 6.92 Å². The number of benzene rings is 1. The van der Waals surface area contributed by atoms with E-state index in [2.05, 4.69) is 6.92 Å². The van der Waals surface area contributed by atoms with Gasteiger partial charge >= 0.3 is 5.97 Å². The van der Waals surface area contributed by atoms with Crippen molar-refractivity contribution in [3.8, 4) is 0 Å². The van der Waals surface area contributed by atoms with Crippen LogP contribution >= 0.6 is 11.3 Å². The number of rotatable bonds is 4. The second-order valence-electron chi connectivity index (χ2n) is 6.07. The smallest absolute Gasteiger partial charge is 0.348 e. The lowest BCUT2D eigenvalue weighted by molar-refractivity contribution is -0.122. The first-order valence-electron chi connectivity index (χ1n) is 8.17. The van der Waals surface area contributed by atoms with Gasteiger partial charge in [0.2, 0.25) is 0 Å². The fourth-order valence-corrected chi connectivity index (χ4v) is 4.19. The predicted octanol–water partition coefficient (Wildman–Crippen LogP) is 3.75. The zero-order valence-electron chi connectivity index (χ0n) is 14.2. The molecule has 24 heavy (non-hydrogen) atoms. The summed E-state index contributed by atoms with van der Waals surface area (Å²) in [7, 11) is 0. The van der Waals surface area contributed by atoms with Gasteiger partial charge in [0.25, 0.3) is 5.91 Å². The zero-order valence-corrected chi connectivity index (χ0v) is 15.0. The number of aryl methyl sites for hydroxylation is 2. The minimum atomic E-state index is -0.420. The Balaban J connectivity index is 1.66. The highest BCUT2D eigenvalue weighted by Gasteiger charge is 2.31. The van der Waals surface area contributed by atoms with Gasteiger partial charge in [0.05, 0.1) is 0 Å². The Bertz CT molecular complexity index is 781. The molecule has 0 bridgehead atoms. The molecule has 0 aliphatic carbocycles. The Morgan fingerprint density at radius 2 is 2.08 bits per heavy atom. The van der Waals surface area contributed by atoms with Crippen molar-refractivity contribution in [3.63, 3.8) is 0 Å². The molecule has 1 unspecified atom stereocenters. The number of nitrogens with zero attached hydrogens (tertiary/aromatic N) is 1. The monoisotopic (exact) mass is 343 g/mol. The van der Waals surface area contributed by atoms with Gasteiger partial charge in [-0.2, -0.15) is 0 Å². The molecule has 3 rings (SSSR count). The molecule has 1 atom stereocenters. The number of fused-ring (bicyclic) bond motifs is 1. The van der Waals surface area contributed by atoms with Crippen molar-refractivity contribution in [2.24, 2.45) is 0 Å². The first-order chi connectivity index (χ1) is 11.5. The van der Waals surface area contributed by atoms with Gasteiger partial charge in [-0.3, -0.25) is 4.79 Å². The van der Waals surface area contributed by atoms with Crippen LogP contribution in [0.1, 0.15) is 39.5 Å². The summed E-state index contributed by atoms with van der Waals surface area (Å²) >= 11 is 1.42. The molecular formula is C19H21NO3S. The summed E-state index contributed by atoms with van der Waals surface area (Å²) in [6.07, 6.45) is 1.72. The highest BCUT2D eigenvalue weighted by molar-refractivity contribution is 7.14. The molecule has 4 nitrogen and oxygen atoms in total. The maximum atomic E-state index is 12.5. The zero-order chi connectivity index (χ0) is 17.3. The minimum Gasteiger partial charge on any atom is -0.451 e. The van der Waals surface area contributed by atoms with Crippen LogP contribution in [0.25, 0.3) is 0 Å². The largest absolute Gasteiger partial charge is 0.451 e. The number of esters is 1. The number of hydrogen-bond acceptors (Lipinski definition) is 4. The summed E-state index contributed by atoms with van der Waals surface area (Å²) in [4.78, 5) is 28.1. The highest BCUT2D eigenvalue weighted by atomic mass is 32.1. The lowest BCUT2D eigenvalue weighted by atomic mass is 10.1. The first-order valence-corrected chi connectivity index (χ1v) is 8.99. The standard InChI is InChI=1S/C19H21NO3S/c1-4-14-10-17(24-13(14)3)19(22)23-11-18(21)20-12(2)9-15-7-5-6-8-16(15)20/h5-8,10,12H,4,9,11H2,1-3H3. The molecule has 0 saturated carbocycles. The third kappa shape index (κ3) is 3.08. The van der Waals surface area contributed by atoms with Gasteiger partial charge in [0.1, 0.15) is 4.88 Å². The molecule has 0 spiro atoms.